The number of aliphatic hydroxyl groups excluding tert-OH is 1. The van der Waals surface area contributed by atoms with Gasteiger partial charge < -0.3 is 19.7 Å². The van der Waals surface area contributed by atoms with Gasteiger partial charge in [0.05, 0.1) is 25.0 Å². The Morgan fingerprint density at radius 2 is 2.20 bits per heavy atom. The number of aliphatic hydroxyl groups is 1. The minimum Gasteiger partial charge on any atom is -0.459 e. The summed E-state index contributed by atoms with van der Waals surface area (Å²) in [7, 11) is 1.54. The van der Waals surface area contributed by atoms with E-state index in [0.717, 1.165) is 19.3 Å². The highest BCUT2D eigenvalue weighted by Crippen LogP contribution is 2.18. The van der Waals surface area contributed by atoms with Crippen molar-refractivity contribution in [3.05, 3.63) is 24.2 Å². The van der Waals surface area contributed by atoms with Gasteiger partial charge in [-0.05, 0) is 25.0 Å². The number of nitrogens with zero attached hydrogens (tertiary/aromatic N) is 1. The van der Waals surface area contributed by atoms with Gasteiger partial charge in [0.1, 0.15) is 0 Å². The molecule has 20 heavy (non-hydrogen) atoms. The molecule has 1 saturated carbocycles. The molecule has 6 nitrogen and oxygen atoms in total. The van der Waals surface area contributed by atoms with Crippen LogP contribution in [0.25, 0.3) is 0 Å². The summed E-state index contributed by atoms with van der Waals surface area (Å²) < 4.78 is 5.00. The van der Waals surface area contributed by atoms with E-state index in [2.05, 4.69) is 5.32 Å². The molecule has 1 heterocycles. The number of hydrogen-bond donors (Lipinski definition) is 2. The van der Waals surface area contributed by atoms with Gasteiger partial charge in [-0.3, -0.25) is 9.59 Å². The molecule has 2 atom stereocenters. The first-order valence-corrected chi connectivity index (χ1v) is 6.84. The third kappa shape index (κ3) is 3.60. The maximum Gasteiger partial charge on any atom is 0.289 e. The zero-order valence-electron chi connectivity index (χ0n) is 11.5. The molecule has 1 aliphatic rings. The van der Waals surface area contributed by atoms with Gasteiger partial charge in [-0.15, -0.1) is 0 Å². The molecule has 0 aromatic carbocycles. The number of nitrogens with one attached hydrogen (secondary N) is 1. The van der Waals surface area contributed by atoms with E-state index in [9.17, 15) is 14.7 Å². The van der Waals surface area contributed by atoms with Crippen LogP contribution in [0.2, 0.25) is 0 Å². The van der Waals surface area contributed by atoms with Crippen molar-refractivity contribution in [3.8, 4) is 0 Å². The van der Waals surface area contributed by atoms with Crippen LogP contribution < -0.4 is 5.32 Å². The van der Waals surface area contributed by atoms with Crippen LogP contribution in [0.1, 0.15) is 36.2 Å². The number of furan rings is 1. The van der Waals surface area contributed by atoms with Gasteiger partial charge in [-0.1, -0.05) is 12.8 Å². The lowest BCUT2D eigenvalue weighted by atomic mass is 9.92. The van der Waals surface area contributed by atoms with Crippen molar-refractivity contribution in [2.45, 2.75) is 37.8 Å². The predicted molar refractivity (Wildman–Crippen MR) is 72.1 cm³/mol. The molecule has 1 aromatic rings. The van der Waals surface area contributed by atoms with Crippen molar-refractivity contribution in [2.75, 3.05) is 13.6 Å². The van der Waals surface area contributed by atoms with Crippen molar-refractivity contribution in [3.63, 3.8) is 0 Å². The summed E-state index contributed by atoms with van der Waals surface area (Å²) in [6.07, 6.45) is 4.42. The Kier molecular flexibility index (Phi) is 4.79. The van der Waals surface area contributed by atoms with Gasteiger partial charge in [-0.2, -0.15) is 0 Å². The Hall–Kier alpha value is -1.82. The van der Waals surface area contributed by atoms with E-state index in [1.807, 2.05) is 0 Å². The van der Waals surface area contributed by atoms with Crippen LogP contribution in [0.15, 0.2) is 22.8 Å². The van der Waals surface area contributed by atoms with Crippen LogP contribution >= 0.6 is 0 Å². The molecule has 2 rings (SSSR count). The van der Waals surface area contributed by atoms with Crippen LogP contribution in [0.4, 0.5) is 0 Å². The van der Waals surface area contributed by atoms with Gasteiger partial charge in [0.15, 0.2) is 5.76 Å². The normalized spacial score (nSPS) is 22.3. The molecule has 0 spiro atoms. The third-order valence-corrected chi connectivity index (χ3v) is 3.54. The molecule has 110 valence electrons. The topological polar surface area (TPSA) is 82.8 Å². The first-order valence-electron chi connectivity index (χ1n) is 6.84. The molecular formula is C14H20N2O4. The van der Waals surface area contributed by atoms with E-state index in [1.54, 1.807) is 19.2 Å². The Balaban J connectivity index is 1.83. The van der Waals surface area contributed by atoms with Gasteiger partial charge in [0.25, 0.3) is 5.91 Å². The van der Waals surface area contributed by atoms with Crippen molar-refractivity contribution in [1.82, 2.24) is 10.2 Å². The molecule has 2 amide bonds. The minimum absolute atomic E-state index is 0.0528. The van der Waals surface area contributed by atoms with Gasteiger partial charge in [0.2, 0.25) is 5.91 Å². The number of likely N-dealkylation sites (N-methyl/N-ethyl adjacent to an activating group) is 1. The molecule has 2 N–H and O–H groups in total. The number of carbonyl (C=O) groups is 2. The lowest BCUT2D eigenvalue weighted by Gasteiger charge is -2.29. The molecule has 6 heteroatoms. The van der Waals surface area contributed by atoms with Crippen molar-refractivity contribution in [2.24, 2.45) is 0 Å². The second kappa shape index (κ2) is 6.56. The average molecular weight is 280 g/mol. The largest absolute Gasteiger partial charge is 0.459 e. The number of carbonyl (C=O) groups excluding carboxylic acids is 2. The molecule has 0 saturated heterocycles. The fourth-order valence-corrected chi connectivity index (χ4v) is 2.41. The van der Waals surface area contributed by atoms with E-state index in [4.69, 9.17) is 4.42 Å². The lowest BCUT2D eigenvalue weighted by Crippen LogP contribution is -2.48. The quantitative estimate of drug-likeness (QED) is 0.853. The minimum atomic E-state index is -0.487. The number of rotatable bonds is 4. The SMILES string of the molecule is CN(CC(=O)N[C@@H]1CCCC[C@H]1O)C(=O)c1ccco1. The Morgan fingerprint density at radius 1 is 1.45 bits per heavy atom. The van der Waals surface area contributed by atoms with E-state index in [0.29, 0.717) is 6.42 Å². The standard InChI is InChI=1S/C14H20N2O4/c1-16(14(19)12-7-4-8-20-12)9-13(18)15-10-5-2-3-6-11(10)17/h4,7-8,10-11,17H,2-3,5-6,9H2,1H3,(H,15,18)/t10-,11-/m1/s1. The van der Waals surface area contributed by atoms with E-state index < -0.39 is 6.10 Å². The summed E-state index contributed by atoms with van der Waals surface area (Å²) in [6.45, 7) is -0.0528. The molecule has 1 fully saturated rings. The van der Waals surface area contributed by atoms with E-state index in [-0.39, 0.29) is 30.2 Å². The molecule has 0 unspecified atom stereocenters. The van der Waals surface area contributed by atoms with Crippen molar-refractivity contribution < 1.29 is 19.1 Å². The maximum atomic E-state index is 11.9. The van der Waals surface area contributed by atoms with Crippen molar-refractivity contribution in [1.29, 1.82) is 0 Å². The number of hydrogen-bond acceptors (Lipinski definition) is 4. The van der Waals surface area contributed by atoms with Gasteiger partial charge >= 0.3 is 0 Å². The van der Waals surface area contributed by atoms with Crippen LogP contribution in [0.3, 0.4) is 0 Å². The van der Waals surface area contributed by atoms with Gasteiger partial charge in [-0.25, -0.2) is 0 Å². The lowest BCUT2D eigenvalue weighted by molar-refractivity contribution is -0.123. The molecule has 1 aliphatic carbocycles. The second-order valence-electron chi connectivity index (χ2n) is 5.16. The second-order valence-corrected chi connectivity index (χ2v) is 5.16. The zero-order chi connectivity index (χ0) is 14.5. The average Bonchev–Trinajstić information content (AvgIpc) is 2.94. The van der Waals surface area contributed by atoms with Gasteiger partial charge in [0, 0.05) is 7.05 Å². The van der Waals surface area contributed by atoms with Crippen molar-refractivity contribution >= 4 is 11.8 Å². The summed E-state index contributed by atoms with van der Waals surface area (Å²) in [6, 6.07) is 2.98. The van der Waals surface area contributed by atoms with Crippen LogP contribution in [0, 0.1) is 0 Å². The van der Waals surface area contributed by atoms with E-state index in [1.165, 1.54) is 11.2 Å². The van der Waals surface area contributed by atoms with E-state index >= 15 is 0 Å². The highest BCUT2D eigenvalue weighted by Gasteiger charge is 2.25. The number of amides is 2. The monoisotopic (exact) mass is 280 g/mol. The summed E-state index contributed by atoms with van der Waals surface area (Å²) in [5.41, 5.74) is 0. The summed E-state index contributed by atoms with van der Waals surface area (Å²) in [5, 5.41) is 12.6. The molecule has 1 aromatic heterocycles. The maximum absolute atomic E-state index is 11.9. The highest BCUT2D eigenvalue weighted by atomic mass is 16.3. The summed E-state index contributed by atoms with van der Waals surface area (Å²) in [4.78, 5) is 25.1. The highest BCUT2D eigenvalue weighted by molar-refractivity contribution is 5.94. The smallest absolute Gasteiger partial charge is 0.289 e. The molecular weight excluding hydrogens is 260 g/mol. The Labute approximate surface area is 117 Å². The third-order valence-electron chi connectivity index (χ3n) is 3.54. The van der Waals surface area contributed by atoms with Crippen LogP contribution in [-0.2, 0) is 4.79 Å². The Morgan fingerprint density at radius 3 is 2.85 bits per heavy atom. The zero-order valence-corrected chi connectivity index (χ0v) is 11.5. The first kappa shape index (κ1) is 14.6. The first-order chi connectivity index (χ1) is 9.58. The van der Waals surface area contributed by atoms with Crippen LogP contribution in [-0.4, -0.2) is 47.6 Å². The molecule has 0 radical (unpaired) electrons. The van der Waals surface area contributed by atoms with Crippen LogP contribution in [0.5, 0.6) is 0 Å². The summed E-state index contributed by atoms with van der Waals surface area (Å²) in [5.74, 6) is -0.398. The molecule has 0 bridgehead atoms. The fraction of sp³-hybridized carbons (Fsp3) is 0.571. The fourth-order valence-electron chi connectivity index (χ4n) is 2.41. The Bertz CT molecular complexity index is 458. The summed E-state index contributed by atoms with van der Waals surface area (Å²) >= 11 is 0. The molecule has 0 aliphatic heterocycles. The predicted octanol–water partition coefficient (Wildman–Crippen LogP) is 0.771.